The number of benzene rings is 1. The average molecular weight is 335 g/mol. The Morgan fingerprint density at radius 3 is 2.57 bits per heavy atom. The summed E-state index contributed by atoms with van der Waals surface area (Å²) in [5, 5.41) is 8.74. The predicted octanol–water partition coefficient (Wildman–Crippen LogP) is 3.47. The van der Waals surface area contributed by atoms with Gasteiger partial charge < -0.3 is 10.2 Å². The molecule has 0 aliphatic heterocycles. The first-order chi connectivity index (χ1) is 10.8. The summed E-state index contributed by atoms with van der Waals surface area (Å²) in [7, 11) is 4.11. The Balaban J connectivity index is 2.35. The highest BCUT2D eigenvalue weighted by atomic mass is 35.5. The van der Waals surface area contributed by atoms with Crippen LogP contribution in [0.5, 0.6) is 0 Å². The fourth-order valence-corrected chi connectivity index (χ4v) is 2.81. The lowest BCUT2D eigenvalue weighted by Crippen LogP contribution is -2.28. The normalized spacial score (nSPS) is 12.1. The molecule has 0 spiro atoms. The Bertz CT molecular complexity index is 643. The van der Waals surface area contributed by atoms with Crippen molar-refractivity contribution >= 4 is 11.6 Å². The maximum absolute atomic E-state index is 6.33. The van der Waals surface area contributed by atoms with E-state index in [0.29, 0.717) is 5.02 Å². The van der Waals surface area contributed by atoms with Crippen LogP contribution in [-0.2, 0) is 12.0 Å². The van der Waals surface area contributed by atoms with Crippen LogP contribution in [-0.4, -0.2) is 41.9 Å². The summed E-state index contributed by atoms with van der Waals surface area (Å²) >= 11 is 6.33. The van der Waals surface area contributed by atoms with Crippen LogP contribution in [0.25, 0.3) is 5.69 Å². The van der Waals surface area contributed by atoms with Gasteiger partial charge in [0.05, 0.1) is 16.4 Å². The van der Waals surface area contributed by atoms with Gasteiger partial charge in [-0.3, -0.25) is 0 Å². The molecule has 0 amide bonds. The van der Waals surface area contributed by atoms with E-state index in [1.165, 1.54) is 5.56 Å². The molecule has 1 N–H and O–H groups in total. The average Bonchev–Trinajstić information content (AvgIpc) is 2.89. The van der Waals surface area contributed by atoms with Crippen LogP contribution in [0.3, 0.4) is 0 Å². The van der Waals surface area contributed by atoms with Gasteiger partial charge in [-0.15, -0.1) is 0 Å². The van der Waals surface area contributed by atoms with E-state index in [1.807, 2.05) is 36.0 Å². The van der Waals surface area contributed by atoms with Gasteiger partial charge in [0.2, 0.25) is 0 Å². The monoisotopic (exact) mass is 334 g/mol. The van der Waals surface area contributed by atoms with Crippen molar-refractivity contribution in [3.05, 3.63) is 46.7 Å². The molecule has 0 aliphatic rings. The van der Waals surface area contributed by atoms with Crippen molar-refractivity contribution in [2.24, 2.45) is 0 Å². The highest BCUT2D eigenvalue weighted by molar-refractivity contribution is 6.32. The fraction of sp³-hybridized carbons (Fsp3) is 0.500. The number of nitrogens with one attached hydrogen (secondary N) is 1. The summed E-state index contributed by atoms with van der Waals surface area (Å²) in [4.78, 5) is 2.31. The molecule has 1 aromatic heterocycles. The van der Waals surface area contributed by atoms with Gasteiger partial charge in [-0.2, -0.15) is 5.10 Å². The predicted molar refractivity (Wildman–Crippen MR) is 97.5 cm³/mol. The lowest BCUT2D eigenvalue weighted by atomic mass is 9.89. The minimum Gasteiger partial charge on any atom is -0.318 e. The first-order valence-corrected chi connectivity index (χ1v) is 8.38. The Morgan fingerprint density at radius 1 is 1.26 bits per heavy atom. The molecule has 5 heteroatoms. The summed E-state index contributed by atoms with van der Waals surface area (Å²) in [5.74, 6) is 0. The summed E-state index contributed by atoms with van der Waals surface area (Å²) in [6.07, 6.45) is 2.11. The third-order valence-corrected chi connectivity index (χ3v) is 4.10. The summed E-state index contributed by atoms with van der Waals surface area (Å²) < 4.78 is 1.91. The topological polar surface area (TPSA) is 33.1 Å². The van der Waals surface area contributed by atoms with Crippen molar-refractivity contribution in [2.75, 3.05) is 27.2 Å². The lowest BCUT2D eigenvalue weighted by molar-refractivity contribution is 0.325. The molecule has 0 fully saturated rings. The van der Waals surface area contributed by atoms with Gasteiger partial charge in [-0.25, -0.2) is 4.68 Å². The van der Waals surface area contributed by atoms with Crippen LogP contribution in [0.15, 0.2) is 30.5 Å². The van der Waals surface area contributed by atoms with Crippen molar-refractivity contribution in [1.82, 2.24) is 20.0 Å². The van der Waals surface area contributed by atoms with Crippen molar-refractivity contribution in [3.8, 4) is 5.69 Å². The highest BCUT2D eigenvalue weighted by Gasteiger charge is 2.23. The number of halogens is 1. The number of hydrogen-bond donors (Lipinski definition) is 1. The Kier molecular flexibility index (Phi) is 5.84. The maximum Gasteiger partial charge on any atom is 0.0831 e. The lowest BCUT2D eigenvalue weighted by Gasteiger charge is -2.21. The standard InChI is InChI=1S/C18H27ClN4/c1-18(2,3)17-14(12-22(5)11-10-20-4)13-23(21-17)16-9-7-6-8-15(16)19/h6-9,13,20H,10-12H2,1-5H3. The molecule has 0 saturated carbocycles. The number of para-hydroxylation sites is 1. The highest BCUT2D eigenvalue weighted by Crippen LogP contribution is 2.28. The molecule has 2 rings (SSSR count). The Morgan fingerprint density at radius 2 is 1.96 bits per heavy atom. The van der Waals surface area contributed by atoms with Gasteiger partial charge in [0.25, 0.3) is 0 Å². The number of likely N-dealkylation sites (N-methyl/N-ethyl adjacent to an activating group) is 2. The number of nitrogens with zero attached hydrogens (tertiary/aromatic N) is 3. The number of aromatic nitrogens is 2. The van der Waals surface area contributed by atoms with Crippen LogP contribution in [0.2, 0.25) is 5.02 Å². The minimum atomic E-state index is -0.00825. The first-order valence-electron chi connectivity index (χ1n) is 8.00. The molecule has 1 aromatic carbocycles. The van der Waals surface area contributed by atoms with Crippen molar-refractivity contribution in [3.63, 3.8) is 0 Å². The molecule has 126 valence electrons. The van der Waals surface area contributed by atoms with Gasteiger partial charge in [0.1, 0.15) is 0 Å². The van der Waals surface area contributed by atoms with E-state index in [-0.39, 0.29) is 5.41 Å². The van der Waals surface area contributed by atoms with Crippen molar-refractivity contribution in [1.29, 1.82) is 0 Å². The summed E-state index contributed by atoms with van der Waals surface area (Å²) in [6, 6.07) is 7.81. The van der Waals surface area contributed by atoms with Crippen molar-refractivity contribution in [2.45, 2.75) is 32.7 Å². The molecular weight excluding hydrogens is 308 g/mol. The minimum absolute atomic E-state index is 0.00825. The zero-order valence-corrected chi connectivity index (χ0v) is 15.5. The van der Waals surface area contributed by atoms with Gasteiger partial charge in [-0.05, 0) is 26.2 Å². The van der Waals surface area contributed by atoms with Crippen molar-refractivity contribution < 1.29 is 0 Å². The van der Waals surface area contributed by atoms with E-state index in [9.17, 15) is 0 Å². The Hall–Kier alpha value is -1.36. The molecule has 0 saturated heterocycles. The molecule has 0 atom stereocenters. The maximum atomic E-state index is 6.33. The first kappa shape index (κ1) is 18.0. The molecule has 1 heterocycles. The third kappa shape index (κ3) is 4.56. The second-order valence-corrected chi connectivity index (χ2v) is 7.40. The summed E-state index contributed by atoms with van der Waals surface area (Å²) in [6.45, 7) is 9.44. The number of rotatable bonds is 6. The fourth-order valence-electron chi connectivity index (χ4n) is 2.59. The second-order valence-electron chi connectivity index (χ2n) is 6.99. The van der Waals surface area contributed by atoms with Crippen LogP contribution in [0.4, 0.5) is 0 Å². The quantitative estimate of drug-likeness (QED) is 0.878. The van der Waals surface area contributed by atoms with Crippen LogP contribution < -0.4 is 5.32 Å². The second kappa shape index (κ2) is 7.47. The zero-order chi connectivity index (χ0) is 17.0. The largest absolute Gasteiger partial charge is 0.318 e. The van der Waals surface area contributed by atoms with Crippen LogP contribution in [0, 0.1) is 0 Å². The van der Waals surface area contributed by atoms with Crippen LogP contribution >= 0.6 is 11.6 Å². The van der Waals surface area contributed by atoms with Gasteiger partial charge in [-0.1, -0.05) is 44.5 Å². The molecule has 4 nitrogen and oxygen atoms in total. The molecule has 0 bridgehead atoms. The smallest absolute Gasteiger partial charge is 0.0831 e. The van der Waals surface area contributed by atoms with E-state index in [1.54, 1.807) is 0 Å². The molecule has 0 radical (unpaired) electrons. The molecule has 23 heavy (non-hydrogen) atoms. The molecule has 0 unspecified atom stereocenters. The third-order valence-electron chi connectivity index (χ3n) is 3.78. The van der Waals surface area contributed by atoms with Gasteiger partial charge >= 0.3 is 0 Å². The molecular formula is C18H27ClN4. The van der Waals surface area contributed by atoms with Crippen LogP contribution in [0.1, 0.15) is 32.0 Å². The van der Waals surface area contributed by atoms with E-state index >= 15 is 0 Å². The summed E-state index contributed by atoms with van der Waals surface area (Å²) in [5.41, 5.74) is 3.28. The molecule has 2 aromatic rings. The van der Waals surface area contributed by atoms with E-state index in [2.05, 4.69) is 44.2 Å². The molecule has 0 aliphatic carbocycles. The van der Waals surface area contributed by atoms with Gasteiger partial charge in [0.15, 0.2) is 0 Å². The van der Waals surface area contributed by atoms with E-state index in [0.717, 1.165) is 31.0 Å². The Labute approximate surface area is 144 Å². The van der Waals surface area contributed by atoms with E-state index < -0.39 is 0 Å². The van der Waals surface area contributed by atoms with E-state index in [4.69, 9.17) is 16.7 Å². The number of hydrogen-bond acceptors (Lipinski definition) is 3. The zero-order valence-electron chi connectivity index (χ0n) is 14.7. The van der Waals surface area contributed by atoms with Gasteiger partial charge in [0, 0.05) is 36.8 Å². The SMILES string of the molecule is CNCCN(C)Cc1cn(-c2ccccc2Cl)nc1C(C)(C)C.